The van der Waals surface area contributed by atoms with E-state index in [1.165, 1.54) is 0 Å². The predicted octanol–water partition coefficient (Wildman–Crippen LogP) is 15.1. The molecule has 328 valence electrons. The van der Waals surface area contributed by atoms with E-state index in [2.05, 4.69) is 171 Å². The number of nitrogens with zero attached hydrogens (tertiary/aromatic N) is 9. The molecule has 9 nitrogen and oxygen atoms in total. The highest BCUT2D eigenvalue weighted by atomic mass is 15.3. The van der Waals surface area contributed by atoms with Gasteiger partial charge in [-0.1, -0.05) is 140 Å². The smallest absolute Gasteiger partial charge is 0.164 e. The Kier molecular flexibility index (Phi) is 9.00. The zero-order valence-electron chi connectivity index (χ0n) is 37.5. The van der Waals surface area contributed by atoms with Crippen molar-refractivity contribution in [3.05, 3.63) is 237 Å². The van der Waals surface area contributed by atoms with Gasteiger partial charge in [0, 0.05) is 45.5 Å². The van der Waals surface area contributed by atoms with Gasteiger partial charge in [0.1, 0.15) is 0 Å². The third kappa shape index (κ3) is 6.15. The molecule has 0 saturated carbocycles. The quantitative estimate of drug-likeness (QED) is 0.158. The van der Waals surface area contributed by atoms with E-state index in [4.69, 9.17) is 24.9 Å². The minimum Gasteiger partial charge on any atom is -0.306 e. The largest absolute Gasteiger partial charge is 0.306 e. The average molecular weight is 898 g/mol. The van der Waals surface area contributed by atoms with Crippen LogP contribution in [0.25, 0.3) is 89.4 Å². The van der Waals surface area contributed by atoms with Gasteiger partial charge in [-0.25, -0.2) is 15.0 Å². The summed E-state index contributed by atoms with van der Waals surface area (Å²) in [6.45, 7) is 0. The SMILES string of the molecule is c1ccc(-c2nc(-c3ccccc3)nc(-c3cc(-n4c5ccccc5c5ncccc54)c(N4c5ccccc5N(c5ccccc5)c5ccccc54)c(-n4c5ccccc5c5ncccc54)c3)n2)cc1. The minimum atomic E-state index is 0.536. The molecule has 6 heterocycles. The maximum Gasteiger partial charge on any atom is 0.164 e. The molecule has 0 radical (unpaired) electrons. The van der Waals surface area contributed by atoms with E-state index in [-0.39, 0.29) is 0 Å². The third-order valence-corrected chi connectivity index (χ3v) is 13.3. The van der Waals surface area contributed by atoms with Gasteiger partial charge in [0.25, 0.3) is 0 Å². The van der Waals surface area contributed by atoms with Crippen molar-refractivity contribution in [3.8, 4) is 45.5 Å². The molecule has 5 aromatic heterocycles. The Morgan fingerprint density at radius 2 is 0.657 bits per heavy atom. The van der Waals surface area contributed by atoms with E-state index in [1.54, 1.807) is 0 Å². The summed E-state index contributed by atoms with van der Waals surface area (Å²) in [7, 11) is 0. The molecule has 0 amide bonds. The standard InChI is InChI=1S/C61H39N9/c1-4-20-40(21-5-1)59-64-60(41-22-6-2-7-23-41)66-61(65-59)42-38-54(68-46-28-12-10-26-44(46)56-52(68)34-18-36-62-56)58(55(39-42)69-47-29-13-11-27-45(47)57-53(69)35-19-37-63-57)70-50-32-16-14-30-48(50)67(43-24-8-3-9-25-43)49-31-15-17-33-51(49)70/h1-39H. The van der Waals surface area contributed by atoms with Crippen molar-refractivity contribution in [2.24, 2.45) is 0 Å². The lowest BCUT2D eigenvalue weighted by Crippen LogP contribution is -2.25. The first-order chi connectivity index (χ1) is 34.8. The van der Waals surface area contributed by atoms with Gasteiger partial charge >= 0.3 is 0 Å². The fourth-order valence-electron chi connectivity index (χ4n) is 10.4. The maximum atomic E-state index is 5.37. The maximum absolute atomic E-state index is 5.37. The zero-order chi connectivity index (χ0) is 46.1. The van der Waals surface area contributed by atoms with Gasteiger partial charge in [-0.2, -0.15) is 0 Å². The Morgan fingerprint density at radius 1 is 0.286 bits per heavy atom. The van der Waals surface area contributed by atoms with E-state index in [1.807, 2.05) is 85.2 Å². The monoisotopic (exact) mass is 897 g/mol. The number of anilines is 6. The fraction of sp³-hybridized carbons (Fsp3) is 0. The molecule has 0 saturated heterocycles. The Balaban J connectivity index is 1.18. The molecule has 9 heteroatoms. The van der Waals surface area contributed by atoms with Crippen molar-refractivity contribution in [2.75, 3.05) is 9.80 Å². The van der Waals surface area contributed by atoms with Gasteiger partial charge in [0.15, 0.2) is 17.5 Å². The van der Waals surface area contributed by atoms with Crippen LogP contribution in [0.2, 0.25) is 0 Å². The highest BCUT2D eigenvalue weighted by Crippen LogP contribution is 2.57. The van der Waals surface area contributed by atoms with Crippen LogP contribution < -0.4 is 9.80 Å². The number of pyridine rings is 2. The molecule has 0 spiro atoms. The summed E-state index contributed by atoms with van der Waals surface area (Å²) in [5, 5.41) is 2.09. The minimum absolute atomic E-state index is 0.536. The second-order valence-electron chi connectivity index (χ2n) is 17.3. The molecule has 0 aliphatic carbocycles. The van der Waals surface area contributed by atoms with Crippen LogP contribution in [0.1, 0.15) is 0 Å². The van der Waals surface area contributed by atoms with Crippen LogP contribution in [0.3, 0.4) is 0 Å². The molecule has 8 aromatic carbocycles. The topological polar surface area (TPSA) is 80.8 Å². The number of aromatic nitrogens is 7. The molecule has 1 aliphatic heterocycles. The Hall–Kier alpha value is -9.73. The summed E-state index contributed by atoms with van der Waals surface area (Å²) in [4.78, 5) is 30.8. The van der Waals surface area contributed by atoms with Crippen LogP contribution in [0, 0.1) is 0 Å². The summed E-state index contributed by atoms with van der Waals surface area (Å²) in [5.41, 5.74) is 16.3. The molecular weight excluding hydrogens is 859 g/mol. The number of rotatable bonds is 7. The molecule has 0 N–H and O–H groups in total. The first kappa shape index (κ1) is 39.4. The second-order valence-corrected chi connectivity index (χ2v) is 17.3. The fourth-order valence-corrected chi connectivity index (χ4v) is 10.4. The van der Waals surface area contributed by atoms with Crippen LogP contribution in [0.15, 0.2) is 237 Å². The lowest BCUT2D eigenvalue weighted by Gasteiger charge is -2.41. The van der Waals surface area contributed by atoms with Crippen molar-refractivity contribution in [2.45, 2.75) is 0 Å². The van der Waals surface area contributed by atoms with Crippen molar-refractivity contribution in [1.29, 1.82) is 0 Å². The summed E-state index contributed by atoms with van der Waals surface area (Å²) >= 11 is 0. The first-order valence-corrected chi connectivity index (χ1v) is 23.3. The molecule has 1 aliphatic rings. The van der Waals surface area contributed by atoms with Crippen molar-refractivity contribution < 1.29 is 0 Å². The van der Waals surface area contributed by atoms with Crippen LogP contribution in [0.4, 0.5) is 34.1 Å². The Bertz CT molecular complexity index is 3800. The number of benzene rings is 8. The van der Waals surface area contributed by atoms with Gasteiger partial charge < -0.3 is 18.9 Å². The average Bonchev–Trinajstić information content (AvgIpc) is 3.96. The highest BCUT2D eigenvalue weighted by Gasteiger charge is 2.35. The van der Waals surface area contributed by atoms with Gasteiger partial charge in [0.2, 0.25) is 0 Å². The summed E-state index contributed by atoms with van der Waals surface area (Å²) in [5.74, 6) is 1.70. The summed E-state index contributed by atoms with van der Waals surface area (Å²) in [6.07, 6.45) is 3.76. The highest BCUT2D eigenvalue weighted by molar-refractivity contribution is 6.12. The molecule has 0 atom stereocenters. The van der Waals surface area contributed by atoms with E-state index in [9.17, 15) is 0 Å². The van der Waals surface area contributed by atoms with Crippen LogP contribution in [-0.4, -0.2) is 34.1 Å². The first-order valence-electron chi connectivity index (χ1n) is 23.3. The number of hydrogen-bond acceptors (Lipinski definition) is 7. The van der Waals surface area contributed by atoms with Crippen molar-refractivity contribution >= 4 is 78.0 Å². The molecule has 14 rings (SSSR count). The summed E-state index contributed by atoms with van der Waals surface area (Å²) in [6, 6.07) is 78.3. The Labute approximate surface area is 402 Å². The van der Waals surface area contributed by atoms with E-state index < -0.39 is 0 Å². The zero-order valence-corrected chi connectivity index (χ0v) is 37.5. The summed E-state index contributed by atoms with van der Waals surface area (Å²) < 4.78 is 4.75. The lowest BCUT2D eigenvalue weighted by molar-refractivity contribution is 1.06. The normalized spacial score (nSPS) is 12.2. The molecule has 0 fully saturated rings. The van der Waals surface area contributed by atoms with E-state index in [0.717, 1.165) is 106 Å². The van der Waals surface area contributed by atoms with Crippen LogP contribution in [0.5, 0.6) is 0 Å². The number of para-hydroxylation sites is 7. The molecule has 13 aromatic rings. The van der Waals surface area contributed by atoms with Gasteiger partial charge in [0.05, 0.1) is 72.9 Å². The van der Waals surface area contributed by atoms with Gasteiger partial charge in [-0.3, -0.25) is 9.97 Å². The van der Waals surface area contributed by atoms with Gasteiger partial charge in [-0.15, -0.1) is 0 Å². The van der Waals surface area contributed by atoms with E-state index in [0.29, 0.717) is 17.5 Å². The molecular formula is C61H39N9. The second kappa shape index (κ2) is 16.0. The lowest BCUT2D eigenvalue weighted by atomic mass is 10.0. The van der Waals surface area contributed by atoms with Crippen molar-refractivity contribution in [3.63, 3.8) is 0 Å². The Morgan fingerprint density at radius 3 is 1.13 bits per heavy atom. The van der Waals surface area contributed by atoms with Gasteiger partial charge in [-0.05, 0) is 84.9 Å². The van der Waals surface area contributed by atoms with E-state index >= 15 is 0 Å². The molecule has 70 heavy (non-hydrogen) atoms. The van der Waals surface area contributed by atoms with Crippen LogP contribution >= 0.6 is 0 Å². The third-order valence-electron chi connectivity index (χ3n) is 13.3. The molecule has 0 bridgehead atoms. The number of fused-ring (bicyclic) bond motifs is 8. The van der Waals surface area contributed by atoms with Crippen molar-refractivity contribution in [1.82, 2.24) is 34.1 Å². The van der Waals surface area contributed by atoms with Crippen LogP contribution in [-0.2, 0) is 0 Å². The number of hydrogen-bond donors (Lipinski definition) is 0. The molecule has 0 unspecified atom stereocenters. The predicted molar refractivity (Wildman–Crippen MR) is 283 cm³/mol.